The number of rotatable bonds is 9. The molecule has 0 fully saturated rings. The Bertz CT molecular complexity index is 1290. The minimum atomic E-state index is -0.165. The fourth-order valence-corrected chi connectivity index (χ4v) is 3.91. The van der Waals surface area contributed by atoms with Crippen molar-refractivity contribution in [1.82, 2.24) is 9.97 Å². The van der Waals surface area contributed by atoms with Gasteiger partial charge in [-0.1, -0.05) is 30.0 Å². The van der Waals surface area contributed by atoms with Crippen molar-refractivity contribution in [2.75, 3.05) is 37.7 Å². The van der Waals surface area contributed by atoms with Crippen LogP contribution in [0, 0.1) is 0 Å². The molecule has 4 rings (SSSR count). The predicted octanol–water partition coefficient (Wildman–Crippen LogP) is 5.13. The molecule has 0 aliphatic rings. The molecular formula is C25H24N4O4S. The van der Waals surface area contributed by atoms with Crippen molar-refractivity contribution >= 4 is 45.8 Å². The molecule has 34 heavy (non-hydrogen) atoms. The predicted molar refractivity (Wildman–Crippen MR) is 135 cm³/mol. The van der Waals surface area contributed by atoms with Gasteiger partial charge in [0.2, 0.25) is 5.91 Å². The summed E-state index contributed by atoms with van der Waals surface area (Å²) in [6.45, 7) is 0. The minimum Gasteiger partial charge on any atom is -0.497 e. The van der Waals surface area contributed by atoms with Crippen LogP contribution in [0.1, 0.15) is 0 Å². The second-order valence-corrected chi connectivity index (χ2v) is 8.11. The average Bonchev–Trinajstić information content (AvgIpc) is 2.87. The summed E-state index contributed by atoms with van der Waals surface area (Å²) in [4.78, 5) is 21.8. The summed E-state index contributed by atoms with van der Waals surface area (Å²) < 4.78 is 15.9. The number of carbonyl (C=O) groups is 1. The molecule has 0 unspecified atom stereocenters. The molecule has 0 atom stereocenters. The molecule has 0 bridgehead atoms. The Morgan fingerprint density at radius 1 is 0.824 bits per heavy atom. The van der Waals surface area contributed by atoms with Crippen LogP contribution in [0.2, 0.25) is 0 Å². The summed E-state index contributed by atoms with van der Waals surface area (Å²) in [5.41, 5.74) is 2.19. The second-order valence-electron chi connectivity index (χ2n) is 7.17. The molecule has 4 aromatic rings. The highest BCUT2D eigenvalue weighted by molar-refractivity contribution is 7.99. The van der Waals surface area contributed by atoms with Gasteiger partial charge in [0.1, 0.15) is 23.1 Å². The highest BCUT2D eigenvalue weighted by atomic mass is 32.2. The van der Waals surface area contributed by atoms with E-state index >= 15 is 0 Å². The van der Waals surface area contributed by atoms with Gasteiger partial charge in [0, 0.05) is 41.0 Å². The van der Waals surface area contributed by atoms with Gasteiger partial charge in [-0.2, -0.15) is 0 Å². The Balaban J connectivity index is 1.54. The van der Waals surface area contributed by atoms with Crippen LogP contribution in [0.3, 0.4) is 0 Å². The van der Waals surface area contributed by atoms with E-state index in [1.165, 1.54) is 11.8 Å². The first kappa shape index (κ1) is 23.2. The number of carbonyl (C=O) groups excluding carboxylic acids is 1. The Morgan fingerprint density at radius 2 is 1.53 bits per heavy atom. The van der Waals surface area contributed by atoms with E-state index in [4.69, 9.17) is 14.2 Å². The van der Waals surface area contributed by atoms with E-state index in [2.05, 4.69) is 20.6 Å². The van der Waals surface area contributed by atoms with Crippen molar-refractivity contribution < 1.29 is 19.0 Å². The monoisotopic (exact) mass is 476 g/mol. The highest BCUT2D eigenvalue weighted by Crippen LogP contribution is 2.31. The largest absolute Gasteiger partial charge is 0.497 e. The lowest BCUT2D eigenvalue weighted by atomic mass is 10.2. The lowest BCUT2D eigenvalue weighted by molar-refractivity contribution is -0.113. The summed E-state index contributed by atoms with van der Waals surface area (Å²) >= 11 is 1.26. The van der Waals surface area contributed by atoms with Gasteiger partial charge >= 0.3 is 0 Å². The summed E-state index contributed by atoms with van der Waals surface area (Å²) in [6.07, 6.45) is 0. The van der Waals surface area contributed by atoms with E-state index in [1.807, 2.05) is 54.6 Å². The summed E-state index contributed by atoms with van der Waals surface area (Å²) in [7, 11) is 4.79. The fraction of sp³-hybridized carbons (Fsp3) is 0.160. The van der Waals surface area contributed by atoms with Gasteiger partial charge in [0.25, 0.3) is 0 Å². The number of hydrogen-bond donors (Lipinski definition) is 2. The second kappa shape index (κ2) is 10.8. The van der Waals surface area contributed by atoms with Crippen molar-refractivity contribution in [2.24, 2.45) is 0 Å². The van der Waals surface area contributed by atoms with Crippen molar-refractivity contribution in [3.05, 3.63) is 66.7 Å². The third-order valence-corrected chi connectivity index (χ3v) is 5.73. The first-order chi connectivity index (χ1) is 16.6. The first-order valence-electron chi connectivity index (χ1n) is 10.4. The zero-order valence-corrected chi connectivity index (χ0v) is 19.8. The third kappa shape index (κ3) is 5.68. The van der Waals surface area contributed by atoms with Gasteiger partial charge in [-0.15, -0.1) is 0 Å². The molecule has 2 N–H and O–H groups in total. The van der Waals surface area contributed by atoms with Crippen molar-refractivity contribution in [1.29, 1.82) is 0 Å². The van der Waals surface area contributed by atoms with E-state index in [9.17, 15) is 4.79 Å². The lowest BCUT2D eigenvalue weighted by Gasteiger charge is -2.13. The molecule has 174 valence electrons. The lowest BCUT2D eigenvalue weighted by Crippen LogP contribution is -2.14. The highest BCUT2D eigenvalue weighted by Gasteiger charge is 2.12. The maximum atomic E-state index is 12.5. The van der Waals surface area contributed by atoms with Crippen LogP contribution in [-0.2, 0) is 4.79 Å². The number of fused-ring (bicyclic) bond motifs is 1. The molecule has 9 heteroatoms. The van der Waals surface area contributed by atoms with Gasteiger partial charge in [0.15, 0.2) is 5.16 Å². The molecule has 1 amide bonds. The number of ether oxygens (including phenoxy) is 3. The molecule has 0 spiro atoms. The van der Waals surface area contributed by atoms with Gasteiger partial charge < -0.3 is 24.8 Å². The van der Waals surface area contributed by atoms with Gasteiger partial charge in [-0.3, -0.25) is 4.79 Å². The number of benzene rings is 3. The molecule has 0 aliphatic carbocycles. The molecule has 3 aromatic carbocycles. The summed E-state index contributed by atoms with van der Waals surface area (Å²) in [5.74, 6) is 2.60. The van der Waals surface area contributed by atoms with Crippen LogP contribution in [0.15, 0.2) is 71.9 Å². The van der Waals surface area contributed by atoms with Crippen molar-refractivity contribution in [2.45, 2.75) is 5.16 Å². The first-order valence-corrected chi connectivity index (χ1v) is 11.4. The number of amides is 1. The van der Waals surface area contributed by atoms with Crippen LogP contribution in [0.25, 0.3) is 10.9 Å². The number of nitrogens with one attached hydrogen (secondary N) is 2. The number of aromatic nitrogens is 2. The SMILES string of the molecule is COc1cccc(NC(=O)CSc2nc(Nc3cc(OC)cc(OC)c3)c3ccccc3n2)c1. The minimum absolute atomic E-state index is 0.155. The van der Waals surface area contributed by atoms with Crippen LogP contribution in [0.4, 0.5) is 17.2 Å². The fourth-order valence-electron chi connectivity index (χ4n) is 3.26. The molecule has 0 radical (unpaired) electrons. The standard InChI is InChI=1S/C25H24N4O4S/c1-31-18-8-6-7-16(11-18)26-23(30)15-34-25-28-22-10-5-4-9-21(22)24(29-25)27-17-12-19(32-2)14-20(13-17)33-3/h4-14H,15H2,1-3H3,(H,26,30)(H,27,28,29). The zero-order chi connectivity index (χ0) is 23.9. The van der Waals surface area contributed by atoms with E-state index in [-0.39, 0.29) is 11.7 Å². The molecule has 0 saturated carbocycles. The van der Waals surface area contributed by atoms with E-state index < -0.39 is 0 Å². The van der Waals surface area contributed by atoms with E-state index in [0.717, 1.165) is 16.6 Å². The van der Waals surface area contributed by atoms with Crippen LogP contribution in [-0.4, -0.2) is 43.0 Å². The van der Waals surface area contributed by atoms with Gasteiger partial charge in [0.05, 0.1) is 32.6 Å². The number of methoxy groups -OCH3 is 3. The normalized spacial score (nSPS) is 10.6. The number of thioether (sulfide) groups is 1. The van der Waals surface area contributed by atoms with E-state index in [0.29, 0.717) is 33.9 Å². The maximum absolute atomic E-state index is 12.5. The van der Waals surface area contributed by atoms with Crippen LogP contribution in [0.5, 0.6) is 17.2 Å². The maximum Gasteiger partial charge on any atom is 0.234 e. The number of anilines is 3. The zero-order valence-electron chi connectivity index (χ0n) is 19.0. The summed E-state index contributed by atoms with van der Waals surface area (Å²) in [6, 6.07) is 20.4. The topological polar surface area (TPSA) is 94.6 Å². The van der Waals surface area contributed by atoms with E-state index in [1.54, 1.807) is 33.5 Å². The summed E-state index contributed by atoms with van der Waals surface area (Å²) in [5, 5.41) is 7.54. The Hall–Kier alpha value is -3.98. The molecular weight excluding hydrogens is 452 g/mol. The van der Waals surface area contributed by atoms with Crippen molar-refractivity contribution in [3.8, 4) is 17.2 Å². The number of nitrogens with zero attached hydrogens (tertiary/aromatic N) is 2. The Kier molecular flexibility index (Phi) is 7.34. The number of hydrogen-bond acceptors (Lipinski definition) is 8. The van der Waals surface area contributed by atoms with Gasteiger partial charge in [-0.05, 0) is 24.3 Å². The molecule has 1 aromatic heterocycles. The van der Waals surface area contributed by atoms with Crippen molar-refractivity contribution in [3.63, 3.8) is 0 Å². The quantitative estimate of drug-likeness (QED) is 0.254. The smallest absolute Gasteiger partial charge is 0.234 e. The molecule has 8 nitrogen and oxygen atoms in total. The van der Waals surface area contributed by atoms with Gasteiger partial charge in [-0.25, -0.2) is 9.97 Å². The van der Waals surface area contributed by atoms with Crippen LogP contribution >= 0.6 is 11.8 Å². The number of para-hydroxylation sites is 1. The Labute approximate surface area is 201 Å². The molecule has 1 heterocycles. The van der Waals surface area contributed by atoms with Crippen LogP contribution < -0.4 is 24.8 Å². The Morgan fingerprint density at radius 3 is 2.26 bits per heavy atom. The molecule has 0 aliphatic heterocycles. The third-order valence-electron chi connectivity index (χ3n) is 4.88. The molecule has 0 saturated heterocycles. The average molecular weight is 477 g/mol.